The fourth-order valence-corrected chi connectivity index (χ4v) is 1.34. The summed E-state index contributed by atoms with van der Waals surface area (Å²) in [7, 11) is 0. The van der Waals surface area contributed by atoms with Crippen LogP contribution < -0.4 is 11.3 Å². The normalized spacial score (nSPS) is 10.3. The number of hydrogen-bond acceptors (Lipinski definition) is 3. The summed E-state index contributed by atoms with van der Waals surface area (Å²) >= 11 is 0. The molecule has 0 aliphatic heterocycles. The maximum Gasteiger partial charge on any atom is 0.140 e. The van der Waals surface area contributed by atoms with E-state index in [-0.39, 0.29) is 0 Å². The molecule has 0 fully saturated rings. The second-order valence-corrected chi connectivity index (χ2v) is 3.06. The number of benzene rings is 1. The molecule has 0 saturated carbocycles. The zero-order chi connectivity index (χ0) is 9.26. The number of aryl methyl sites for hydroxylation is 1. The van der Waals surface area contributed by atoms with E-state index in [0.29, 0.717) is 5.82 Å². The number of fused-ring (bicyclic) bond motifs is 1. The second kappa shape index (κ2) is 3.03. The lowest BCUT2D eigenvalue weighted by molar-refractivity contribution is 1.24. The molecule has 0 aliphatic rings. The summed E-state index contributed by atoms with van der Waals surface area (Å²) in [5.74, 6) is 5.95. The van der Waals surface area contributed by atoms with Gasteiger partial charge in [-0.05, 0) is 24.4 Å². The molecular formula is C10H11N3. The van der Waals surface area contributed by atoms with Crippen LogP contribution >= 0.6 is 0 Å². The third-order valence-electron chi connectivity index (χ3n) is 2.03. The predicted octanol–water partition coefficient (Wildman–Crippen LogP) is 1.83. The van der Waals surface area contributed by atoms with Gasteiger partial charge in [-0.25, -0.2) is 10.8 Å². The number of hydrazine groups is 1. The summed E-state index contributed by atoms with van der Waals surface area (Å²) in [6, 6.07) is 8.16. The Morgan fingerprint density at radius 3 is 2.85 bits per heavy atom. The van der Waals surface area contributed by atoms with Gasteiger partial charge in [-0.15, -0.1) is 0 Å². The van der Waals surface area contributed by atoms with E-state index < -0.39 is 0 Å². The van der Waals surface area contributed by atoms with Crippen molar-refractivity contribution in [3.05, 3.63) is 36.0 Å². The van der Waals surface area contributed by atoms with E-state index in [2.05, 4.69) is 35.5 Å². The lowest BCUT2D eigenvalue weighted by Gasteiger charge is -2.02. The highest BCUT2D eigenvalue weighted by Gasteiger charge is 1.95. The van der Waals surface area contributed by atoms with Gasteiger partial charge in [0, 0.05) is 11.6 Å². The predicted molar refractivity (Wildman–Crippen MR) is 54.3 cm³/mol. The molecule has 66 valence electrons. The molecule has 3 nitrogen and oxygen atoms in total. The van der Waals surface area contributed by atoms with Crippen molar-refractivity contribution in [1.82, 2.24) is 4.98 Å². The number of rotatable bonds is 1. The van der Waals surface area contributed by atoms with Gasteiger partial charge in [0.25, 0.3) is 0 Å². The molecule has 2 aromatic rings. The number of aromatic nitrogens is 1. The molecule has 0 radical (unpaired) electrons. The molecule has 1 aromatic carbocycles. The number of nitrogens with zero attached hydrogens (tertiary/aromatic N) is 1. The quantitative estimate of drug-likeness (QED) is 0.511. The molecule has 0 unspecified atom stereocenters. The van der Waals surface area contributed by atoms with Crippen molar-refractivity contribution in [3.63, 3.8) is 0 Å². The van der Waals surface area contributed by atoms with Gasteiger partial charge >= 0.3 is 0 Å². The van der Waals surface area contributed by atoms with E-state index in [1.165, 1.54) is 5.56 Å². The standard InChI is InChI=1S/C10H11N3/c1-7-2-3-8-5-10(13-11)12-6-9(8)4-7/h2-6H,11H2,1H3,(H,12,13). The van der Waals surface area contributed by atoms with E-state index in [0.717, 1.165) is 10.8 Å². The van der Waals surface area contributed by atoms with Gasteiger partial charge in [-0.3, -0.25) is 0 Å². The maximum absolute atomic E-state index is 5.26. The molecule has 0 atom stereocenters. The third-order valence-corrected chi connectivity index (χ3v) is 2.03. The lowest BCUT2D eigenvalue weighted by atomic mass is 10.1. The van der Waals surface area contributed by atoms with Crippen molar-refractivity contribution in [2.45, 2.75) is 6.92 Å². The van der Waals surface area contributed by atoms with Crippen LogP contribution in [0.4, 0.5) is 5.82 Å². The molecule has 3 N–H and O–H groups in total. The molecule has 0 aliphatic carbocycles. The largest absolute Gasteiger partial charge is 0.308 e. The van der Waals surface area contributed by atoms with Gasteiger partial charge in [0.05, 0.1) is 0 Å². The summed E-state index contributed by atoms with van der Waals surface area (Å²) < 4.78 is 0. The maximum atomic E-state index is 5.26. The van der Waals surface area contributed by atoms with Crippen LogP contribution in [0.1, 0.15) is 5.56 Å². The number of anilines is 1. The fraction of sp³-hybridized carbons (Fsp3) is 0.100. The number of hydrogen-bond donors (Lipinski definition) is 2. The topological polar surface area (TPSA) is 50.9 Å². The highest BCUT2D eigenvalue weighted by atomic mass is 15.2. The average Bonchev–Trinajstić information content (AvgIpc) is 2.17. The van der Waals surface area contributed by atoms with Crippen LogP contribution in [0.2, 0.25) is 0 Å². The molecule has 1 heterocycles. The molecule has 1 aromatic heterocycles. The van der Waals surface area contributed by atoms with E-state index in [9.17, 15) is 0 Å². The minimum atomic E-state index is 0.691. The molecule has 2 rings (SSSR count). The van der Waals surface area contributed by atoms with Crippen LogP contribution in [0.25, 0.3) is 10.8 Å². The smallest absolute Gasteiger partial charge is 0.140 e. The lowest BCUT2D eigenvalue weighted by Crippen LogP contribution is -2.07. The van der Waals surface area contributed by atoms with Crippen molar-refractivity contribution in [3.8, 4) is 0 Å². The van der Waals surface area contributed by atoms with Crippen LogP contribution in [0.5, 0.6) is 0 Å². The Bertz CT molecular complexity index is 437. The van der Waals surface area contributed by atoms with Crippen LogP contribution in [0.3, 0.4) is 0 Å². The SMILES string of the molecule is Cc1ccc2cc(NN)ncc2c1. The van der Waals surface area contributed by atoms with Crippen LogP contribution in [0, 0.1) is 6.92 Å². The molecule has 0 spiro atoms. The summed E-state index contributed by atoms with van der Waals surface area (Å²) in [4.78, 5) is 4.13. The zero-order valence-electron chi connectivity index (χ0n) is 7.41. The Morgan fingerprint density at radius 2 is 2.08 bits per heavy atom. The van der Waals surface area contributed by atoms with E-state index in [1.807, 2.05) is 12.3 Å². The number of nitrogen functional groups attached to an aromatic ring is 1. The number of pyridine rings is 1. The first-order chi connectivity index (χ1) is 6.29. The van der Waals surface area contributed by atoms with E-state index in [1.54, 1.807) is 0 Å². The molecule has 3 heteroatoms. The Labute approximate surface area is 76.6 Å². The Balaban J connectivity index is 2.66. The monoisotopic (exact) mass is 173 g/mol. The van der Waals surface area contributed by atoms with Gasteiger partial charge in [0.1, 0.15) is 5.82 Å². The van der Waals surface area contributed by atoms with Gasteiger partial charge in [0.15, 0.2) is 0 Å². The molecular weight excluding hydrogens is 162 g/mol. The first-order valence-corrected chi connectivity index (χ1v) is 4.12. The number of nitrogens with one attached hydrogen (secondary N) is 1. The third kappa shape index (κ3) is 1.46. The Morgan fingerprint density at radius 1 is 1.23 bits per heavy atom. The first-order valence-electron chi connectivity index (χ1n) is 4.12. The van der Waals surface area contributed by atoms with Crippen LogP contribution in [-0.4, -0.2) is 4.98 Å². The van der Waals surface area contributed by atoms with Crippen LogP contribution in [0.15, 0.2) is 30.5 Å². The van der Waals surface area contributed by atoms with Crippen molar-refractivity contribution in [2.75, 3.05) is 5.43 Å². The van der Waals surface area contributed by atoms with E-state index in [4.69, 9.17) is 5.84 Å². The van der Waals surface area contributed by atoms with Gasteiger partial charge in [0.2, 0.25) is 0 Å². The highest BCUT2D eigenvalue weighted by Crippen LogP contribution is 2.17. The Kier molecular flexibility index (Phi) is 1.87. The highest BCUT2D eigenvalue weighted by molar-refractivity contribution is 5.84. The first kappa shape index (κ1) is 8.01. The van der Waals surface area contributed by atoms with Gasteiger partial charge < -0.3 is 5.43 Å². The summed E-state index contributed by atoms with van der Waals surface area (Å²) in [6.07, 6.45) is 1.82. The number of nitrogens with two attached hydrogens (primary N) is 1. The van der Waals surface area contributed by atoms with Crippen molar-refractivity contribution in [2.24, 2.45) is 5.84 Å². The van der Waals surface area contributed by atoms with Crippen molar-refractivity contribution >= 4 is 16.6 Å². The second-order valence-electron chi connectivity index (χ2n) is 3.06. The molecule has 0 bridgehead atoms. The minimum absolute atomic E-state index is 0.691. The van der Waals surface area contributed by atoms with Crippen LogP contribution in [-0.2, 0) is 0 Å². The Hall–Kier alpha value is -1.61. The summed E-state index contributed by atoms with van der Waals surface area (Å²) in [5.41, 5.74) is 3.76. The van der Waals surface area contributed by atoms with Crippen molar-refractivity contribution in [1.29, 1.82) is 0 Å². The van der Waals surface area contributed by atoms with Gasteiger partial charge in [-0.1, -0.05) is 17.7 Å². The fourth-order valence-electron chi connectivity index (χ4n) is 1.34. The molecule has 0 amide bonds. The van der Waals surface area contributed by atoms with Gasteiger partial charge in [-0.2, -0.15) is 0 Å². The average molecular weight is 173 g/mol. The summed E-state index contributed by atoms with van der Waals surface area (Å²) in [5, 5.41) is 2.28. The zero-order valence-corrected chi connectivity index (χ0v) is 7.41. The molecule has 13 heavy (non-hydrogen) atoms. The summed E-state index contributed by atoms with van der Waals surface area (Å²) in [6.45, 7) is 2.06. The van der Waals surface area contributed by atoms with E-state index >= 15 is 0 Å². The minimum Gasteiger partial charge on any atom is -0.308 e. The van der Waals surface area contributed by atoms with Crippen molar-refractivity contribution < 1.29 is 0 Å². The molecule has 0 saturated heterocycles.